The summed E-state index contributed by atoms with van der Waals surface area (Å²) in [5.41, 5.74) is 19.7. The Morgan fingerprint density at radius 1 is 0.375 bits per heavy atom. The molecule has 1 spiro atoms. The number of ether oxygens (including phenoxy) is 1. The van der Waals surface area contributed by atoms with Crippen molar-refractivity contribution in [3.05, 3.63) is 281 Å². The first kappa shape index (κ1) is 36.7. The van der Waals surface area contributed by atoms with Crippen molar-refractivity contribution >= 4 is 17.1 Å². The van der Waals surface area contributed by atoms with Gasteiger partial charge in [-0.2, -0.15) is 0 Å². The first-order valence-electron chi connectivity index (χ1n) is 22.5. The summed E-state index contributed by atoms with van der Waals surface area (Å²) in [6.45, 7) is 0. The van der Waals surface area contributed by atoms with Gasteiger partial charge in [0.25, 0.3) is 0 Å². The Labute approximate surface area is 374 Å². The minimum Gasteiger partial charge on any atom is -0.457 e. The molecule has 1 aliphatic heterocycles. The third kappa shape index (κ3) is 5.08. The van der Waals surface area contributed by atoms with Gasteiger partial charge < -0.3 is 9.64 Å². The lowest BCUT2D eigenvalue weighted by Gasteiger charge is -2.41. The third-order valence-electron chi connectivity index (χ3n) is 14.2. The summed E-state index contributed by atoms with van der Waals surface area (Å²) in [6.07, 6.45) is 9.30. The molecular formula is C62H43NO. The van der Waals surface area contributed by atoms with Gasteiger partial charge in [-0.25, -0.2) is 0 Å². The molecule has 13 rings (SSSR count). The molecule has 3 aliphatic carbocycles. The normalized spacial score (nSPS) is 18.2. The van der Waals surface area contributed by atoms with E-state index < -0.39 is 10.8 Å². The molecule has 0 bridgehead atoms. The predicted octanol–water partition coefficient (Wildman–Crippen LogP) is 15.9. The van der Waals surface area contributed by atoms with Gasteiger partial charge in [-0.05, 0) is 128 Å². The van der Waals surface area contributed by atoms with Crippen molar-refractivity contribution in [1.82, 2.24) is 0 Å². The molecule has 0 N–H and O–H groups in total. The molecule has 0 fully saturated rings. The summed E-state index contributed by atoms with van der Waals surface area (Å²) in [5, 5.41) is 0. The molecule has 64 heavy (non-hydrogen) atoms. The van der Waals surface area contributed by atoms with Gasteiger partial charge in [-0.1, -0.05) is 188 Å². The Morgan fingerprint density at radius 3 is 1.58 bits per heavy atom. The maximum atomic E-state index is 6.93. The van der Waals surface area contributed by atoms with Gasteiger partial charge in [0.15, 0.2) is 0 Å². The van der Waals surface area contributed by atoms with Gasteiger partial charge in [-0.3, -0.25) is 0 Å². The van der Waals surface area contributed by atoms with Crippen LogP contribution in [-0.2, 0) is 10.8 Å². The van der Waals surface area contributed by atoms with Crippen LogP contribution in [0, 0.1) is 0 Å². The summed E-state index contributed by atoms with van der Waals surface area (Å²) in [5.74, 6) is 1.77. The average Bonchev–Trinajstić information content (AvgIpc) is 3.83. The molecule has 0 radical (unpaired) electrons. The van der Waals surface area contributed by atoms with E-state index in [1.807, 2.05) is 0 Å². The van der Waals surface area contributed by atoms with Crippen LogP contribution in [0.5, 0.6) is 11.5 Å². The van der Waals surface area contributed by atoms with Crippen LogP contribution in [0.1, 0.15) is 51.8 Å². The fourth-order valence-electron chi connectivity index (χ4n) is 11.7. The maximum absolute atomic E-state index is 6.93. The van der Waals surface area contributed by atoms with Crippen molar-refractivity contribution in [2.45, 2.75) is 23.7 Å². The van der Waals surface area contributed by atoms with Crippen LogP contribution >= 0.6 is 0 Å². The number of allylic oxidation sites excluding steroid dienone is 4. The molecule has 0 amide bonds. The van der Waals surface area contributed by atoms with E-state index in [0.717, 1.165) is 47.0 Å². The second-order valence-corrected chi connectivity index (χ2v) is 17.4. The van der Waals surface area contributed by atoms with Crippen molar-refractivity contribution in [3.63, 3.8) is 0 Å². The van der Waals surface area contributed by atoms with Gasteiger partial charge in [-0.15, -0.1) is 0 Å². The Kier molecular flexibility index (Phi) is 8.20. The lowest BCUT2D eigenvalue weighted by molar-refractivity contribution is 0.437. The van der Waals surface area contributed by atoms with Crippen molar-refractivity contribution in [2.24, 2.45) is 0 Å². The van der Waals surface area contributed by atoms with Crippen LogP contribution in [0.25, 0.3) is 33.4 Å². The fourth-order valence-corrected chi connectivity index (χ4v) is 11.7. The monoisotopic (exact) mass is 817 g/mol. The highest BCUT2D eigenvalue weighted by molar-refractivity contribution is 5.95. The second-order valence-electron chi connectivity index (χ2n) is 17.4. The van der Waals surface area contributed by atoms with Crippen LogP contribution < -0.4 is 9.64 Å². The fraction of sp³-hybridized carbons (Fsp3) is 0.0645. The van der Waals surface area contributed by atoms with Crippen molar-refractivity contribution in [1.29, 1.82) is 0 Å². The van der Waals surface area contributed by atoms with E-state index in [1.54, 1.807) is 0 Å². The standard InChI is InChI=1S/C62H43NO/c1-5-20-42(21-6-1)48-30-19-35-59-60(48)62(55-33-17-18-34-58(55)64-59)54-32-16-14-29-50(54)52-39-37-47(41-57(52)62)63(45-26-11-4-12-27-45)46-36-38-51-49-28-13-15-31-53(49)61(56(51)40-46,43-22-7-2-8-23-43)44-24-9-3-10-25-44/h1-2,4-9,11-41H,3,10H2. The van der Waals surface area contributed by atoms with Gasteiger partial charge in [0.1, 0.15) is 11.5 Å². The highest BCUT2D eigenvalue weighted by Crippen LogP contribution is 2.65. The summed E-state index contributed by atoms with van der Waals surface area (Å²) in [7, 11) is 0. The van der Waals surface area contributed by atoms with Crippen LogP contribution in [0.2, 0.25) is 0 Å². The van der Waals surface area contributed by atoms with E-state index >= 15 is 0 Å². The van der Waals surface area contributed by atoms with E-state index in [9.17, 15) is 0 Å². The molecule has 2 unspecified atom stereocenters. The number of hydrogen-bond acceptors (Lipinski definition) is 2. The molecule has 9 aromatic carbocycles. The van der Waals surface area contributed by atoms with Crippen LogP contribution in [0.4, 0.5) is 17.1 Å². The highest BCUT2D eigenvalue weighted by Gasteiger charge is 2.53. The zero-order valence-corrected chi connectivity index (χ0v) is 35.3. The van der Waals surface area contributed by atoms with E-state index in [4.69, 9.17) is 4.74 Å². The molecule has 4 aliphatic rings. The topological polar surface area (TPSA) is 12.5 Å². The molecule has 2 heteroatoms. The second kappa shape index (κ2) is 14.3. The number of rotatable bonds is 6. The quantitative estimate of drug-likeness (QED) is 0.166. The first-order valence-corrected chi connectivity index (χ1v) is 22.5. The van der Waals surface area contributed by atoms with Crippen LogP contribution in [0.3, 0.4) is 0 Å². The van der Waals surface area contributed by atoms with Gasteiger partial charge in [0, 0.05) is 28.2 Å². The van der Waals surface area contributed by atoms with Crippen molar-refractivity contribution < 1.29 is 4.74 Å². The van der Waals surface area contributed by atoms with Crippen molar-refractivity contribution in [2.75, 3.05) is 4.90 Å². The lowest BCUT2D eigenvalue weighted by atomic mass is 9.64. The van der Waals surface area contributed by atoms with E-state index in [1.165, 1.54) is 72.3 Å². The number of nitrogens with zero attached hydrogens (tertiary/aromatic N) is 1. The molecule has 0 saturated carbocycles. The number of anilines is 3. The van der Waals surface area contributed by atoms with Crippen molar-refractivity contribution in [3.8, 4) is 44.9 Å². The number of fused-ring (bicyclic) bond motifs is 12. The Morgan fingerprint density at radius 2 is 0.906 bits per heavy atom. The summed E-state index contributed by atoms with van der Waals surface area (Å²) in [4.78, 5) is 2.47. The minimum absolute atomic E-state index is 0.477. The van der Waals surface area contributed by atoms with Crippen LogP contribution in [-0.4, -0.2) is 0 Å². The molecule has 1 heterocycles. The molecule has 302 valence electrons. The summed E-state index contributed by atoms with van der Waals surface area (Å²) in [6, 6.07) is 80.5. The van der Waals surface area contributed by atoms with E-state index in [0.29, 0.717) is 0 Å². The van der Waals surface area contributed by atoms with E-state index in [2.05, 4.69) is 242 Å². The summed E-state index contributed by atoms with van der Waals surface area (Å²) < 4.78 is 6.93. The lowest BCUT2D eigenvalue weighted by Crippen LogP contribution is -2.33. The summed E-state index contributed by atoms with van der Waals surface area (Å²) >= 11 is 0. The minimum atomic E-state index is -0.664. The molecule has 9 aromatic rings. The third-order valence-corrected chi connectivity index (χ3v) is 14.2. The Hall–Kier alpha value is -7.94. The van der Waals surface area contributed by atoms with Crippen LogP contribution in [0.15, 0.2) is 242 Å². The number of para-hydroxylation sites is 2. The SMILES string of the molecule is C1=CC(C2(c3ccccc3)c3ccccc3-c3ccc(N(c4ccccc4)c4ccc5c(c4)C4(c6ccccc6Oc6cccc(-c7ccccc7)c64)c4ccccc4-5)cc32)=CCC1. The van der Waals surface area contributed by atoms with Gasteiger partial charge >= 0.3 is 0 Å². The predicted molar refractivity (Wildman–Crippen MR) is 262 cm³/mol. The molecule has 0 saturated heterocycles. The Bertz CT molecular complexity index is 3370. The molecule has 0 aromatic heterocycles. The van der Waals surface area contributed by atoms with Gasteiger partial charge in [0.2, 0.25) is 0 Å². The average molecular weight is 818 g/mol. The van der Waals surface area contributed by atoms with Gasteiger partial charge in [0.05, 0.1) is 10.8 Å². The maximum Gasteiger partial charge on any atom is 0.132 e. The first-order chi connectivity index (χ1) is 31.8. The molecule has 2 nitrogen and oxygen atoms in total. The highest BCUT2D eigenvalue weighted by atomic mass is 16.5. The van der Waals surface area contributed by atoms with E-state index in [-0.39, 0.29) is 0 Å². The molecule has 2 atom stereocenters. The largest absolute Gasteiger partial charge is 0.457 e. The zero-order valence-electron chi connectivity index (χ0n) is 35.3. The zero-order chi connectivity index (χ0) is 42.2. The smallest absolute Gasteiger partial charge is 0.132 e. The number of hydrogen-bond donors (Lipinski definition) is 0. The Balaban J connectivity index is 1.09. The molecular weight excluding hydrogens is 775 g/mol. The number of benzene rings is 9.